The number of ether oxygens (including phenoxy) is 2. The lowest BCUT2D eigenvalue weighted by Gasteiger charge is -2.26. The highest BCUT2D eigenvalue weighted by Crippen LogP contribution is 2.31. The molecule has 2 aromatic carbocycles. The van der Waals surface area contributed by atoms with Crippen molar-refractivity contribution in [1.82, 2.24) is 9.78 Å². The Labute approximate surface area is 161 Å². The second-order valence-corrected chi connectivity index (χ2v) is 8.16. The minimum absolute atomic E-state index is 0.238. The first-order valence-corrected chi connectivity index (χ1v) is 10.3. The largest absolute Gasteiger partial charge is 0.486 e. The Balaban J connectivity index is 1.37. The summed E-state index contributed by atoms with van der Waals surface area (Å²) in [6.07, 6.45) is 2.78. The van der Waals surface area contributed by atoms with Crippen LogP contribution >= 0.6 is 0 Å². The van der Waals surface area contributed by atoms with Gasteiger partial charge in [-0.2, -0.15) is 5.10 Å². The fourth-order valence-electron chi connectivity index (χ4n) is 2.89. The van der Waals surface area contributed by atoms with Crippen LogP contribution in [0.2, 0.25) is 0 Å². The maximum Gasteiger partial charge on any atom is 0.237 e. The first-order chi connectivity index (χ1) is 13.5. The molecule has 0 saturated heterocycles. The van der Waals surface area contributed by atoms with Gasteiger partial charge >= 0.3 is 0 Å². The predicted octanol–water partition coefficient (Wildman–Crippen LogP) is 2.80. The fourth-order valence-corrected chi connectivity index (χ4v) is 4.06. The summed E-state index contributed by atoms with van der Waals surface area (Å²) in [5, 5.41) is 4.17. The number of anilines is 1. The molecule has 3 aromatic rings. The molecular weight excluding hydrogens is 385 g/mol. The molecule has 1 N–H and O–H groups in total. The lowest BCUT2D eigenvalue weighted by atomic mass is 10.2. The number of hydrogen-bond acceptors (Lipinski definition) is 5. The molecule has 0 radical (unpaired) electrons. The van der Waals surface area contributed by atoms with Gasteiger partial charge in [-0.25, -0.2) is 12.8 Å². The third-order valence-electron chi connectivity index (χ3n) is 4.13. The summed E-state index contributed by atoms with van der Waals surface area (Å²) in [7, 11) is -3.64. The van der Waals surface area contributed by atoms with Gasteiger partial charge in [0.25, 0.3) is 0 Å². The van der Waals surface area contributed by atoms with Crippen molar-refractivity contribution in [3.63, 3.8) is 0 Å². The van der Waals surface area contributed by atoms with E-state index in [0.717, 1.165) is 0 Å². The van der Waals surface area contributed by atoms with E-state index in [-0.39, 0.29) is 11.9 Å². The quantitative estimate of drug-likeness (QED) is 0.684. The van der Waals surface area contributed by atoms with E-state index in [1.165, 1.54) is 30.5 Å². The Bertz CT molecular complexity index is 1070. The van der Waals surface area contributed by atoms with E-state index in [0.29, 0.717) is 35.9 Å². The average molecular weight is 403 g/mol. The van der Waals surface area contributed by atoms with E-state index in [1.807, 2.05) is 24.3 Å². The van der Waals surface area contributed by atoms with Gasteiger partial charge in [-0.1, -0.05) is 24.3 Å². The average Bonchev–Trinajstić information content (AvgIpc) is 3.09. The molecule has 1 aromatic heterocycles. The maximum absolute atomic E-state index is 12.9. The van der Waals surface area contributed by atoms with Crippen LogP contribution in [-0.2, 0) is 22.3 Å². The van der Waals surface area contributed by atoms with E-state index in [2.05, 4.69) is 9.82 Å². The highest BCUT2D eigenvalue weighted by molar-refractivity contribution is 7.91. The highest BCUT2D eigenvalue weighted by atomic mass is 32.2. The number of benzene rings is 2. The van der Waals surface area contributed by atoms with Crippen molar-refractivity contribution in [3.05, 3.63) is 72.3 Å². The summed E-state index contributed by atoms with van der Waals surface area (Å²) in [6, 6.07) is 12.8. The van der Waals surface area contributed by atoms with E-state index in [1.54, 1.807) is 10.9 Å². The SMILES string of the molecule is O=S(=O)(Cc1ccc(F)cc1)Nc1cnn(CC2COc3ccccc3O2)c1. The normalized spacial score (nSPS) is 16.0. The van der Waals surface area contributed by atoms with Gasteiger partial charge in [0.1, 0.15) is 12.4 Å². The Morgan fingerprint density at radius 3 is 2.68 bits per heavy atom. The van der Waals surface area contributed by atoms with Crippen LogP contribution < -0.4 is 14.2 Å². The van der Waals surface area contributed by atoms with Gasteiger partial charge in [-0.3, -0.25) is 9.40 Å². The van der Waals surface area contributed by atoms with E-state index in [9.17, 15) is 12.8 Å². The van der Waals surface area contributed by atoms with Gasteiger partial charge in [0, 0.05) is 6.20 Å². The van der Waals surface area contributed by atoms with E-state index >= 15 is 0 Å². The molecule has 7 nitrogen and oxygen atoms in total. The minimum Gasteiger partial charge on any atom is -0.486 e. The van der Waals surface area contributed by atoms with Crippen molar-refractivity contribution in [2.75, 3.05) is 11.3 Å². The predicted molar refractivity (Wildman–Crippen MR) is 101 cm³/mol. The monoisotopic (exact) mass is 403 g/mol. The van der Waals surface area contributed by atoms with Gasteiger partial charge in [0.05, 0.1) is 24.2 Å². The van der Waals surface area contributed by atoms with Gasteiger partial charge in [-0.05, 0) is 29.8 Å². The van der Waals surface area contributed by atoms with Gasteiger partial charge in [0.2, 0.25) is 10.0 Å². The molecule has 1 aliphatic heterocycles. The third kappa shape index (κ3) is 4.42. The van der Waals surface area contributed by atoms with Crippen LogP contribution in [0.4, 0.5) is 10.1 Å². The molecule has 0 bridgehead atoms. The number of rotatable bonds is 6. The van der Waals surface area contributed by atoms with Crippen molar-refractivity contribution in [2.45, 2.75) is 18.4 Å². The number of sulfonamides is 1. The molecule has 0 fully saturated rings. The molecule has 9 heteroatoms. The van der Waals surface area contributed by atoms with Crippen LogP contribution in [0.25, 0.3) is 0 Å². The summed E-state index contributed by atoms with van der Waals surface area (Å²) in [6.45, 7) is 0.788. The van der Waals surface area contributed by atoms with Crippen LogP contribution in [0.1, 0.15) is 5.56 Å². The topological polar surface area (TPSA) is 82.5 Å². The summed E-state index contributed by atoms with van der Waals surface area (Å²) in [5.74, 6) is 0.709. The Morgan fingerprint density at radius 1 is 1.14 bits per heavy atom. The van der Waals surface area contributed by atoms with E-state index < -0.39 is 15.8 Å². The van der Waals surface area contributed by atoms with Crippen molar-refractivity contribution in [1.29, 1.82) is 0 Å². The summed E-state index contributed by atoms with van der Waals surface area (Å²) >= 11 is 0. The van der Waals surface area contributed by atoms with Crippen molar-refractivity contribution < 1.29 is 22.3 Å². The smallest absolute Gasteiger partial charge is 0.237 e. The van der Waals surface area contributed by atoms with E-state index in [4.69, 9.17) is 9.47 Å². The first kappa shape index (κ1) is 18.3. The second kappa shape index (κ2) is 7.51. The van der Waals surface area contributed by atoms with Crippen molar-refractivity contribution >= 4 is 15.7 Å². The number of nitrogens with zero attached hydrogens (tertiary/aromatic N) is 2. The molecule has 4 rings (SSSR count). The molecule has 146 valence electrons. The molecule has 0 amide bonds. The molecule has 1 unspecified atom stereocenters. The molecule has 1 atom stereocenters. The standard InChI is InChI=1S/C19H18FN3O4S/c20-15-7-5-14(6-8-15)13-28(24,25)22-16-9-21-23(10-16)11-17-12-26-18-3-1-2-4-19(18)27-17/h1-10,17,22H,11-13H2. The summed E-state index contributed by atoms with van der Waals surface area (Å²) in [5.41, 5.74) is 0.840. The molecule has 2 heterocycles. The number of hydrogen-bond donors (Lipinski definition) is 1. The lowest BCUT2D eigenvalue weighted by molar-refractivity contribution is 0.0759. The molecule has 0 spiro atoms. The van der Waals surface area contributed by atoms with Crippen LogP contribution in [-0.4, -0.2) is 30.9 Å². The Hall–Kier alpha value is -3.07. The second-order valence-electron chi connectivity index (χ2n) is 6.44. The zero-order valence-corrected chi connectivity index (χ0v) is 15.6. The van der Waals surface area contributed by atoms with Crippen molar-refractivity contribution in [2.24, 2.45) is 0 Å². The number of fused-ring (bicyclic) bond motifs is 1. The summed E-state index contributed by atoms with van der Waals surface area (Å²) < 4.78 is 53.2. The number of para-hydroxylation sites is 2. The van der Waals surface area contributed by atoms with Gasteiger partial charge in [-0.15, -0.1) is 0 Å². The molecule has 1 aliphatic rings. The van der Waals surface area contributed by atoms with Crippen LogP contribution in [0, 0.1) is 5.82 Å². The zero-order valence-electron chi connectivity index (χ0n) is 14.8. The first-order valence-electron chi connectivity index (χ1n) is 8.63. The highest BCUT2D eigenvalue weighted by Gasteiger charge is 2.21. The van der Waals surface area contributed by atoms with Crippen LogP contribution in [0.15, 0.2) is 60.9 Å². The molecule has 0 saturated carbocycles. The maximum atomic E-state index is 12.9. The molecule has 28 heavy (non-hydrogen) atoms. The third-order valence-corrected chi connectivity index (χ3v) is 5.39. The Morgan fingerprint density at radius 2 is 1.89 bits per heavy atom. The lowest BCUT2D eigenvalue weighted by Crippen LogP contribution is -2.33. The van der Waals surface area contributed by atoms with Crippen molar-refractivity contribution in [3.8, 4) is 11.5 Å². The van der Waals surface area contributed by atoms with Crippen LogP contribution in [0.5, 0.6) is 11.5 Å². The van der Waals surface area contributed by atoms with Gasteiger partial charge in [0.15, 0.2) is 17.6 Å². The number of nitrogens with one attached hydrogen (secondary N) is 1. The molecular formula is C19H18FN3O4S. The molecule has 0 aliphatic carbocycles. The fraction of sp³-hybridized carbons (Fsp3) is 0.211. The minimum atomic E-state index is -3.64. The number of aromatic nitrogens is 2. The van der Waals surface area contributed by atoms with Crippen LogP contribution in [0.3, 0.4) is 0 Å². The summed E-state index contributed by atoms with van der Waals surface area (Å²) in [4.78, 5) is 0. The number of halogens is 1. The Kier molecular flexibility index (Phi) is 4.91. The van der Waals surface area contributed by atoms with Gasteiger partial charge < -0.3 is 9.47 Å². The zero-order chi connectivity index (χ0) is 19.6.